The molecule has 0 saturated heterocycles. The Hall–Kier alpha value is -2.14. The largest absolute Gasteiger partial charge is 0.514 e. The number of halogens is 1. The van der Waals surface area contributed by atoms with Gasteiger partial charge in [-0.2, -0.15) is 0 Å². The van der Waals surface area contributed by atoms with Crippen LogP contribution in [0.4, 0.5) is 4.79 Å². The minimum absolute atomic E-state index is 0.0930. The van der Waals surface area contributed by atoms with Crippen molar-refractivity contribution in [1.82, 2.24) is 9.97 Å². The van der Waals surface area contributed by atoms with Gasteiger partial charge in [0.15, 0.2) is 16.7 Å². The van der Waals surface area contributed by atoms with Gasteiger partial charge in [-0.25, -0.2) is 14.8 Å². The summed E-state index contributed by atoms with van der Waals surface area (Å²) in [5, 5.41) is 0.0930. The van der Waals surface area contributed by atoms with E-state index in [1.807, 2.05) is 38.1 Å². The summed E-state index contributed by atoms with van der Waals surface area (Å²) in [6.45, 7) is 5.82. The first-order valence-corrected chi connectivity index (χ1v) is 7.41. The van der Waals surface area contributed by atoms with E-state index in [9.17, 15) is 4.79 Å². The third-order valence-corrected chi connectivity index (χ3v) is 3.24. The molecule has 1 aromatic heterocycles. The van der Waals surface area contributed by atoms with E-state index in [1.54, 1.807) is 6.92 Å². The lowest BCUT2D eigenvalue weighted by Gasteiger charge is -2.11. The minimum atomic E-state index is -0.814. The van der Waals surface area contributed by atoms with E-state index in [2.05, 4.69) is 9.97 Å². The number of nitrogens with zero attached hydrogens (tertiary/aromatic N) is 2. The molecule has 6 heteroatoms. The predicted molar refractivity (Wildman–Crippen MR) is 84.2 cm³/mol. The number of hydrogen-bond acceptors (Lipinski definition) is 5. The van der Waals surface area contributed by atoms with E-state index in [1.165, 1.54) is 0 Å². The summed E-state index contributed by atoms with van der Waals surface area (Å²) < 4.78 is 9.85. The lowest BCUT2D eigenvalue weighted by molar-refractivity contribution is 0.103. The first-order chi connectivity index (χ1) is 10.5. The summed E-state index contributed by atoms with van der Waals surface area (Å²) in [7, 11) is 0. The second-order valence-electron chi connectivity index (χ2n) is 4.62. The van der Waals surface area contributed by atoms with E-state index in [0.29, 0.717) is 17.9 Å². The van der Waals surface area contributed by atoms with Crippen molar-refractivity contribution in [2.24, 2.45) is 0 Å². The highest BCUT2D eigenvalue weighted by molar-refractivity contribution is 6.31. The van der Waals surface area contributed by atoms with Crippen molar-refractivity contribution in [1.29, 1.82) is 0 Å². The van der Waals surface area contributed by atoms with Crippen molar-refractivity contribution in [2.75, 3.05) is 6.61 Å². The highest BCUT2D eigenvalue weighted by Gasteiger charge is 2.18. The summed E-state index contributed by atoms with van der Waals surface area (Å²) in [5.74, 6) is 0.650. The van der Waals surface area contributed by atoms with Gasteiger partial charge in [-0.05, 0) is 20.3 Å². The van der Waals surface area contributed by atoms with Crippen LogP contribution < -0.4 is 4.74 Å². The van der Waals surface area contributed by atoms with Crippen molar-refractivity contribution >= 4 is 17.8 Å². The molecule has 5 nitrogen and oxygen atoms in total. The fourth-order valence-corrected chi connectivity index (χ4v) is 2.10. The topological polar surface area (TPSA) is 61.3 Å². The number of carbonyl (C=O) groups is 1. The van der Waals surface area contributed by atoms with Crippen LogP contribution in [0.25, 0.3) is 11.4 Å². The Labute approximate surface area is 134 Å². The monoisotopic (exact) mass is 320 g/mol. The molecule has 0 aliphatic carbocycles. The van der Waals surface area contributed by atoms with Crippen molar-refractivity contribution in [3.05, 3.63) is 40.7 Å². The normalized spacial score (nSPS) is 10.4. The van der Waals surface area contributed by atoms with Crippen LogP contribution in [0.15, 0.2) is 24.3 Å². The molecule has 0 unspecified atom stereocenters. The summed E-state index contributed by atoms with van der Waals surface area (Å²) in [4.78, 5) is 20.1. The molecule has 116 valence electrons. The van der Waals surface area contributed by atoms with Crippen molar-refractivity contribution < 1.29 is 14.3 Å². The van der Waals surface area contributed by atoms with Gasteiger partial charge in [0.1, 0.15) is 0 Å². The average Bonchev–Trinajstić information content (AvgIpc) is 2.50. The van der Waals surface area contributed by atoms with Crippen LogP contribution >= 0.6 is 11.6 Å². The molecule has 0 aliphatic rings. The van der Waals surface area contributed by atoms with Gasteiger partial charge in [-0.1, -0.05) is 48.4 Å². The van der Waals surface area contributed by atoms with Crippen molar-refractivity contribution in [3.8, 4) is 17.1 Å². The van der Waals surface area contributed by atoms with E-state index in [4.69, 9.17) is 21.1 Å². The van der Waals surface area contributed by atoms with Gasteiger partial charge in [-0.15, -0.1) is 0 Å². The molecule has 2 aromatic rings. The summed E-state index contributed by atoms with van der Waals surface area (Å²) in [6.07, 6.45) is -0.263. The minimum Gasteiger partial charge on any atom is -0.434 e. The quantitative estimate of drug-likeness (QED) is 0.624. The summed E-state index contributed by atoms with van der Waals surface area (Å²) in [6, 6.07) is 7.79. The van der Waals surface area contributed by atoms with Crippen LogP contribution in [0.5, 0.6) is 5.75 Å². The van der Waals surface area contributed by atoms with Crippen molar-refractivity contribution in [2.45, 2.75) is 27.2 Å². The van der Waals surface area contributed by atoms with Gasteiger partial charge in [-0.3, -0.25) is 0 Å². The summed E-state index contributed by atoms with van der Waals surface area (Å²) in [5.41, 5.74) is 2.56. The van der Waals surface area contributed by atoms with Gasteiger partial charge >= 0.3 is 6.16 Å². The lowest BCUT2D eigenvalue weighted by Crippen LogP contribution is -2.13. The van der Waals surface area contributed by atoms with Gasteiger partial charge in [0.25, 0.3) is 0 Å². The molecule has 0 bridgehead atoms. The zero-order valence-corrected chi connectivity index (χ0v) is 13.5. The molecule has 0 radical (unpaired) electrons. The molecule has 2 rings (SSSR count). The average molecular weight is 321 g/mol. The van der Waals surface area contributed by atoms with Crippen LogP contribution in [0.2, 0.25) is 5.15 Å². The number of aromatic nitrogens is 2. The summed E-state index contributed by atoms with van der Waals surface area (Å²) >= 11 is 6.15. The maximum Gasteiger partial charge on any atom is 0.514 e. The van der Waals surface area contributed by atoms with E-state index in [-0.39, 0.29) is 17.5 Å². The van der Waals surface area contributed by atoms with Gasteiger partial charge in [0.2, 0.25) is 0 Å². The Morgan fingerprint density at radius 1 is 1.18 bits per heavy atom. The number of rotatable bonds is 4. The molecule has 0 spiro atoms. The maximum absolute atomic E-state index is 11.5. The molecule has 0 aliphatic heterocycles. The SMILES string of the molecule is CCOC(=O)Oc1c(Cl)nc(-c2ccc(C)cc2)nc1CC. The molecular weight excluding hydrogens is 304 g/mol. The zero-order chi connectivity index (χ0) is 16.1. The third-order valence-electron chi connectivity index (χ3n) is 2.99. The number of benzene rings is 1. The molecule has 0 amide bonds. The fraction of sp³-hybridized carbons (Fsp3) is 0.312. The Balaban J connectivity index is 2.38. The standard InChI is InChI=1S/C16H17ClN2O3/c1-4-12-13(22-16(20)21-5-2)14(17)19-15(18-12)11-8-6-10(3)7-9-11/h6-9H,4-5H2,1-3H3. The van der Waals surface area contributed by atoms with E-state index >= 15 is 0 Å². The zero-order valence-electron chi connectivity index (χ0n) is 12.7. The maximum atomic E-state index is 11.5. The molecular formula is C16H17ClN2O3. The van der Waals surface area contributed by atoms with Crippen LogP contribution in [-0.4, -0.2) is 22.7 Å². The highest BCUT2D eigenvalue weighted by atomic mass is 35.5. The molecule has 1 heterocycles. The Bertz CT molecular complexity index is 672. The predicted octanol–water partition coefficient (Wildman–Crippen LogP) is 4.20. The van der Waals surface area contributed by atoms with Gasteiger partial charge in [0, 0.05) is 5.56 Å². The van der Waals surface area contributed by atoms with E-state index < -0.39 is 6.16 Å². The number of aryl methyl sites for hydroxylation is 2. The molecule has 1 aromatic carbocycles. The van der Waals surface area contributed by atoms with Crippen molar-refractivity contribution in [3.63, 3.8) is 0 Å². The van der Waals surface area contributed by atoms with Gasteiger partial charge in [0.05, 0.1) is 12.3 Å². The van der Waals surface area contributed by atoms with Gasteiger partial charge < -0.3 is 9.47 Å². The molecule has 0 fully saturated rings. The van der Waals surface area contributed by atoms with Crippen LogP contribution in [-0.2, 0) is 11.2 Å². The van der Waals surface area contributed by atoms with Crippen LogP contribution in [0.1, 0.15) is 25.1 Å². The van der Waals surface area contributed by atoms with E-state index in [0.717, 1.165) is 11.1 Å². The smallest absolute Gasteiger partial charge is 0.434 e. The Morgan fingerprint density at radius 2 is 1.86 bits per heavy atom. The molecule has 22 heavy (non-hydrogen) atoms. The van der Waals surface area contributed by atoms with Crippen LogP contribution in [0, 0.1) is 6.92 Å². The van der Waals surface area contributed by atoms with Crippen LogP contribution in [0.3, 0.4) is 0 Å². The second kappa shape index (κ2) is 7.22. The number of carbonyl (C=O) groups excluding carboxylic acids is 1. The molecule has 0 saturated carbocycles. The Morgan fingerprint density at radius 3 is 2.45 bits per heavy atom. The third kappa shape index (κ3) is 3.74. The number of hydrogen-bond donors (Lipinski definition) is 0. The fourth-order valence-electron chi connectivity index (χ4n) is 1.87. The number of ether oxygens (including phenoxy) is 2. The molecule has 0 atom stereocenters. The lowest BCUT2D eigenvalue weighted by atomic mass is 10.1. The first kappa shape index (κ1) is 16.2. The Kier molecular flexibility index (Phi) is 5.33. The second-order valence-corrected chi connectivity index (χ2v) is 4.98. The highest BCUT2D eigenvalue weighted by Crippen LogP contribution is 2.29. The molecule has 0 N–H and O–H groups in total. The first-order valence-electron chi connectivity index (χ1n) is 7.03.